The van der Waals surface area contributed by atoms with E-state index in [4.69, 9.17) is 23.7 Å². The van der Waals surface area contributed by atoms with E-state index in [0.29, 0.717) is 43.4 Å². The van der Waals surface area contributed by atoms with Crippen molar-refractivity contribution in [1.82, 2.24) is 0 Å². The van der Waals surface area contributed by atoms with Crippen molar-refractivity contribution < 1.29 is 38.1 Å². The molecular weight excluding hydrogens is 891 g/mol. The summed E-state index contributed by atoms with van der Waals surface area (Å²) in [6.45, 7) is 1.41. The van der Waals surface area contributed by atoms with Gasteiger partial charge in [-0.1, -0.05) is 164 Å². The fourth-order valence-corrected chi connectivity index (χ4v) is 7.50. The molecule has 11 nitrogen and oxygen atoms in total. The predicted octanol–water partition coefficient (Wildman–Crippen LogP) is 12.1. The fourth-order valence-electron chi connectivity index (χ4n) is 7.50. The number of amides is 2. The van der Waals surface area contributed by atoms with Crippen molar-refractivity contribution >= 4 is 35.0 Å². The summed E-state index contributed by atoms with van der Waals surface area (Å²) in [5, 5.41) is 6.20. The van der Waals surface area contributed by atoms with Gasteiger partial charge in [-0.2, -0.15) is 0 Å². The van der Waals surface area contributed by atoms with Crippen LogP contribution < -0.4 is 29.7 Å². The van der Waals surface area contributed by atoms with E-state index in [-0.39, 0.29) is 12.4 Å². The Labute approximate surface area is 415 Å². The smallest absolute Gasteiger partial charge is 0.329 e. The zero-order valence-corrected chi connectivity index (χ0v) is 39.8. The first-order valence-corrected chi connectivity index (χ1v) is 23.2. The molecule has 360 valence electrons. The molecule has 0 bridgehead atoms. The minimum absolute atomic E-state index is 0.267. The number of para-hydroxylation sites is 4. The summed E-state index contributed by atoms with van der Waals surface area (Å²) in [5.41, 5.74) is 7.07. The largest absolute Gasteiger partial charge is 0.489 e. The molecule has 71 heavy (non-hydrogen) atoms. The van der Waals surface area contributed by atoms with Gasteiger partial charge >= 0.3 is 18.0 Å². The van der Waals surface area contributed by atoms with Crippen molar-refractivity contribution in [3.05, 3.63) is 252 Å². The number of ether oxygens (including phenoxy) is 5. The standard InChI is InChI=1S/C30H28N2O4.C30H29NO4/c1-35-29(33)28(21-23-17-19-27(20-18-23)36-22-24-11-5-2-6-12-24)32(26-15-9-4-10-16-26)30(34)31-25-13-7-3-8-14-25;1-33-30(32)28(20-23-16-18-26(19-17-23)34-21-24-10-4-2-5-11-24)31-27-14-8-9-15-29(27)35-22-25-12-6-3-7-13-25/h2-20,28H,21-22H2,1H3,(H,31,34);2-19,28,31H,20-22H2,1H3. The van der Waals surface area contributed by atoms with Gasteiger partial charge in [0.1, 0.15) is 49.2 Å². The number of nitrogens with zero attached hydrogens (tertiary/aromatic N) is 1. The maximum atomic E-state index is 13.4. The number of methoxy groups -OCH3 is 2. The van der Waals surface area contributed by atoms with Crippen LogP contribution in [0, 0.1) is 0 Å². The van der Waals surface area contributed by atoms with Gasteiger partial charge in [0.15, 0.2) is 0 Å². The quantitative estimate of drug-likeness (QED) is 0.0719. The minimum atomic E-state index is -0.878. The number of urea groups is 1. The number of hydrogen-bond acceptors (Lipinski definition) is 9. The lowest BCUT2D eigenvalue weighted by molar-refractivity contribution is -0.142. The lowest BCUT2D eigenvalue weighted by Gasteiger charge is -2.30. The molecule has 2 unspecified atom stereocenters. The summed E-state index contributed by atoms with van der Waals surface area (Å²) in [6, 6.07) is 69.2. The second kappa shape index (κ2) is 26.6. The third kappa shape index (κ3) is 15.6. The third-order valence-electron chi connectivity index (χ3n) is 11.2. The first-order chi connectivity index (χ1) is 34.8. The average molecular weight is 948 g/mol. The molecule has 0 aliphatic rings. The van der Waals surface area contributed by atoms with E-state index in [2.05, 4.69) is 10.6 Å². The van der Waals surface area contributed by atoms with Crippen LogP contribution in [0.4, 0.5) is 21.9 Å². The van der Waals surface area contributed by atoms with Gasteiger partial charge in [-0.05, 0) is 88.5 Å². The van der Waals surface area contributed by atoms with Crippen molar-refractivity contribution in [2.75, 3.05) is 29.8 Å². The average Bonchev–Trinajstić information content (AvgIpc) is 3.43. The molecule has 0 saturated heterocycles. The highest BCUT2D eigenvalue weighted by Gasteiger charge is 2.32. The van der Waals surface area contributed by atoms with Crippen LogP contribution >= 0.6 is 0 Å². The van der Waals surface area contributed by atoms with Gasteiger partial charge in [-0.15, -0.1) is 0 Å². The number of hydrogen-bond donors (Lipinski definition) is 2. The van der Waals surface area contributed by atoms with Gasteiger partial charge in [-0.3, -0.25) is 4.90 Å². The van der Waals surface area contributed by atoms with E-state index >= 15 is 0 Å². The van der Waals surface area contributed by atoms with Crippen molar-refractivity contribution in [2.45, 2.75) is 44.7 Å². The number of carbonyl (C=O) groups is 3. The second-order valence-corrected chi connectivity index (χ2v) is 16.3. The zero-order chi connectivity index (χ0) is 49.5. The van der Waals surface area contributed by atoms with Crippen molar-refractivity contribution in [1.29, 1.82) is 0 Å². The molecule has 2 N–H and O–H groups in total. The Kier molecular flexibility index (Phi) is 18.8. The summed E-state index contributed by atoms with van der Waals surface area (Å²) in [7, 11) is 2.73. The molecule has 2 amide bonds. The highest BCUT2D eigenvalue weighted by molar-refractivity contribution is 6.05. The molecule has 11 heteroatoms. The summed E-state index contributed by atoms with van der Waals surface area (Å²) >= 11 is 0. The Morgan fingerprint density at radius 1 is 0.437 bits per heavy atom. The number of benzene rings is 8. The van der Waals surface area contributed by atoms with Crippen LogP contribution in [0.1, 0.15) is 27.8 Å². The molecular formula is C60H57N3O8. The van der Waals surface area contributed by atoms with Crippen LogP contribution in [-0.2, 0) is 51.7 Å². The molecule has 0 aliphatic carbocycles. The molecule has 0 radical (unpaired) electrons. The summed E-state index contributed by atoms with van der Waals surface area (Å²) in [4.78, 5) is 40.4. The lowest BCUT2D eigenvalue weighted by Crippen LogP contribution is -2.49. The molecule has 8 rings (SSSR count). The monoisotopic (exact) mass is 947 g/mol. The van der Waals surface area contributed by atoms with Crippen LogP contribution in [0.15, 0.2) is 224 Å². The molecule has 2 atom stereocenters. The summed E-state index contributed by atoms with van der Waals surface area (Å²) in [5.74, 6) is 1.33. The van der Waals surface area contributed by atoms with Gasteiger partial charge in [0.05, 0.1) is 19.9 Å². The Hall–Kier alpha value is -8.83. The summed E-state index contributed by atoms with van der Waals surface area (Å²) in [6.07, 6.45) is 0.724. The Bertz CT molecular complexity index is 2840. The van der Waals surface area contributed by atoms with Crippen molar-refractivity contribution in [3.63, 3.8) is 0 Å². The van der Waals surface area contributed by atoms with E-state index in [9.17, 15) is 14.4 Å². The topological polar surface area (TPSA) is 125 Å². The van der Waals surface area contributed by atoms with Gasteiger partial charge in [0.25, 0.3) is 0 Å². The van der Waals surface area contributed by atoms with Crippen LogP contribution in [0.3, 0.4) is 0 Å². The van der Waals surface area contributed by atoms with Gasteiger partial charge in [-0.25, -0.2) is 14.4 Å². The van der Waals surface area contributed by atoms with Crippen LogP contribution in [0.25, 0.3) is 0 Å². The van der Waals surface area contributed by atoms with E-state index in [1.54, 1.807) is 24.3 Å². The first kappa shape index (κ1) is 50.1. The molecule has 0 fully saturated rings. The highest BCUT2D eigenvalue weighted by Crippen LogP contribution is 2.28. The molecule has 8 aromatic carbocycles. The first-order valence-electron chi connectivity index (χ1n) is 23.2. The number of anilines is 3. The normalized spacial score (nSPS) is 11.3. The summed E-state index contributed by atoms with van der Waals surface area (Å²) < 4.78 is 28.0. The van der Waals surface area contributed by atoms with E-state index in [1.165, 1.54) is 19.1 Å². The number of carbonyl (C=O) groups excluding carboxylic acids is 3. The van der Waals surface area contributed by atoms with E-state index < -0.39 is 24.1 Å². The SMILES string of the molecule is COC(=O)C(Cc1ccc(OCc2ccccc2)cc1)N(C(=O)Nc1ccccc1)c1ccccc1.COC(=O)C(Cc1ccc(OCc2ccccc2)cc1)Nc1ccccc1OCc1ccccc1. The lowest BCUT2D eigenvalue weighted by atomic mass is 10.0. The van der Waals surface area contributed by atoms with E-state index in [1.807, 2.05) is 200 Å². The molecule has 8 aromatic rings. The molecule has 0 spiro atoms. The van der Waals surface area contributed by atoms with Gasteiger partial charge < -0.3 is 34.3 Å². The Balaban J connectivity index is 0.000000209. The van der Waals surface area contributed by atoms with Crippen LogP contribution in [-0.4, -0.2) is 44.3 Å². The molecule has 0 aromatic heterocycles. The number of nitrogens with one attached hydrogen (secondary N) is 2. The second-order valence-electron chi connectivity index (χ2n) is 16.3. The molecule has 0 aliphatic heterocycles. The zero-order valence-electron chi connectivity index (χ0n) is 39.8. The number of esters is 2. The maximum Gasteiger partial charge on any atom is 0.329 e. The van der Waals surface area contributed by atoms with E-state index in [0.717, 1.165) is 45.0 Å². The Morgan fingerprint density at radius 3 is 1.35 bits per heavy atom. The minimum Gasteiger partial charge on any atom is -0.489 e. The van der Waals surface area contributed by atoms with Crippen LogP contribution in [0.5, 0.6) is 17.2 Å². The van der Waals surface area contributed by atoms with Crippen LogP contribution in [0.2, 0.25) is 0 Å². The number of rotatable bonds is 20. The third-order valence-corrected chi connectivity index (χ3v) is 11.2. The molecule has 0 heterocycles. The fraction of sp³-hybridized carbons (Fsp3) is 0.150. The predicted molar refractivity (Wildman–Crippen MR) is 279 cm³/mol. The molecule has 0 saturated carbocycles. The maximum absolute atomic E-state index is 13.4. The Morgan fingerprint density at radius 2 is 0.859 bits per heavy atom. The highest BCUT2D eigenvalue weighted by atomic mass is 16.5. The van der Waals surface area contributed by atoms with Crippen molar-refractivity contribution in [3.8, 4) is 17.2 Å². The van der Waals surface area contributed by atoms with Crippen molar-refractivity contribution in [2.24, 2.45) is 0 Å². The van der Waals surface area contributed by atoms with Gasteiger partial charge in [0, 0.05) is 24.2 Å². The van der Waals surface area contributed by atoms with Gasteiger partial charge in [0.2, 0.25) is 0 Å².